The molecule has 2 rings (SSSR count). The Bertz CT molecular complexity index is 834. The standard InChI is InChI=1S/C23H25NO3/c1-17(23(27)20-10-12-21(13-11-20)24(2)3)15-19(9-14-22(25)26)16-18-7-5-4-6-8-18/h4-15,17H,16H2,1-3H3,(H,25,26)/b14-9+,19-15-/t17-/m0/s1. The molecule has 0 aliphatic heterocycles. The van der Waals surface area contributed by atoms with Gasteiger partial charge in [-0.15, -0.1) is 0 Å². The highest BCUT2D eigenvalue weighted by atomic mass is 16.4. The van der Waals surface area contributed by atoms with Crippen molar-refractivity contribution in [3.05, 3.63) is 89.5 Å². The number of aliphatic carboxylic acids is 1. The van der Waals surface area contributed by atoms with Gasteiger partial charge in [-0.3, -0.25) is 4.79 Å². The van der Waals surface area contributed by atoms with E-state index in [-0.39, 0.29) is 11.7 Å². The molecule has 0 heterocycles. The first-order chi connectivity index (χ1) is 12.9. The van der Waals surface area contributed by atoms with Crippen molar-refractivity contribution in [2.24, 2.45) is 5.92 Å². The van der Waals surface area contributed by atoms with E-state index in [0.29, 0.717) is 12.0 Å². The third-order valence-electron chi connectivity index (χ3n) is 4.24. The molecule has 4 nitrogen and oxygen atoms in total. The van der Waals surface area contributed by atoms with E-state index in [4.69, 9.17) is 5.11 Å². The van der Waals surface area contributed by atoms with Crippen LogP contribution in [-0.2, 0) is 11.2 Å². The number of allylic oxidation sites excluding steroid dienone is 3. The number of carboxylic acid groups (broad SMARTS) is 1. The summed E-state index contributed by atoms with van der Waals surface area (Å²) in [6.45, 7) is 1.84. The number of ketones is 1. The molecule has 0 aliphatic rings. The quantitative estimate of drug-likeness (QED) is 0.429. The van der Waals surface area contributed by atoms with Gasteiger partial charge in [-0.05, 0) is 41.8 Å². The minimum Gasteiger partial charge on any atom is -0.478 e. The molecule has 1 N–H and O–H groups in total. The SMILES string of the molecule is C[C@@H](/C=C(/C=C/C(=O)O)Cc1ccccc1)C(=O)c1ccc(N(C)C)cc1. The Labute approximate surface area is 160 Å². The molecule has 0 spiro atoms. The van der Waals surface area contributed by atoms with Crippen molar-refractivity contribution in [2.45, 2.75) is 13.3 Å². The van der Waals surface area contributed by atoms with Crippen LogP contribution in [0.15, 0.2) is 78.4 Å². The molecule has 0 bridgehead atoms. The number of benzene rings is 2. The summed E-state index contributed by atoms with van der Waals surface area (Å²) in [5, 5.41) is 8.94. The van der Waals surface area contributed by atoms with Crippen molar-refractivity contribution in [3.63, 3.8) is 0 Å². The van der Waals surface area contributed by atoms with Crippen molar-refractivity contribution in [3.8, 4) is 0 Å². The summed E-state index contributed by atoms with van der Waals surface area (Å²) < 4.78 is 0. The van der Waals surface area contributed by atoms with Gasteiger partial charge in [-0.1, -0.05) is 49.4 Å². The molecule has 0 saturated heterocycles. The lowest BCUT2D eigenvalue weighted by molar-refractivity contribution is -0.131. The van der Waals surface area contributed by atoms with E-state index >= 15 is 0 Å². The van der Waals surface area contributed by atoms with E-state index in [1.165, 1.54) is 0 Å². The number of anilines is 1. The van der Waals surface area contributed by atoms with Gasteiger partial charge in [0.05, 0.1) is 0 Å². The zero-order valence-electron chi connectivity index (χ0n) is 15.9. The second kappa shape index (κ2) is 9.53. The summed E-state index contributed by atoms with van der Waals surface area (Å²) in [4.78, 5) is 25.6. The van der Waals surface area contributed by atoms with Gasteiger partial charge in [0.25, 0.3) is 0 Å². The number of nitrogens with zero attached hydrogens (tertiary/aromatic N) is 1. The Balaban J connectivity index is 2.22. The molecule has 0 amide bonds. The average Bonchev–Trinajstić information content (AvgIpc) is 2.66. The van der Waals surface area contributed by atoms with Crippen LogP contribution in [0.3, 0.4) is 0 Å². The zero-order valence-corrected chi connectivity index (χ0v) is 15.9. The summed E-state index contributed by atoms with van der Waals surface area (Å²) in [5.74, 6) is -1.35. The molecular formula is C23H25NO3. The van der Waals surface area contributed by atoms with E-state index < -0.39 is 5.97 Å². The highest BCUT2D eigenvalue weighted by molar-refractivity contribution is 5.99. The number of Topliss-reactive ketones (excluding diaryl/α,β-unsaturated/α-hetero) is 1. The normalized spacial score (nSPS) is 12.8. The van der Waals surface area contributed by atoms with Gasteiger partial charge in [-0.25, -0.2) is 4.79 Å². The largest absolute Gasteiger partial charge is 0.478 e. The molecule has 0 fully saturated rings. The molecule has 4 heteroatoms. The molecule has 0 aliphatic carbocycles. The third-order valence-corrected chi connectivity index (χ3v) is 4.24. The Morgan fingerprint density at radius 2 is 1.63 bits per heavy atom. The zero-order chi connectivity index (χ0) is 19.8. The first kappa shape index (κ1) is 20.2. The van der Waals surface area contributed by atoms with Crippen LogP contribution < -0.4 is 4.90 Å². The summed E-state index contributed by atoms with van der Waals surface area (Å²) in [5.41, 5.74) is 3.54. The van der Waals surface area contributed by atoms with Crippen LogP contribution in [0.2, 0.25) is 0 Å². The average molecular weight is 363 g/mol. The Kier molecular flexibility index (Phi) is 7.12. The fraction of sp³-hybridized carbons (Fsp3) is 0.217. The Morgan fingerprint density at radius 3 is 2.19 bits per heavy atom. The number of hydrogen-bond donors (Lipinski definition) is 1. The van der Waals surface area contributed by atoms with E-state index in [2.05, 4.69) is 0 Å². The van der Waals surface area contributed by atoms with Crippen molar-refractivity contribution in [1.29, 1.82) is 0 Å². The predicted octanol–water partition coefficient (Wildman–Crippen LogP) is 4.38. The highest BCUT2D eigenvalue weighted by Crippen LogP contribution is 2.18. The van der Waals surface area contributed by atoms with Gasteiger partial charge in [0, 0.05) is 37.3 Å². The number of rotatable bonds is 8. The smallest absolute Gasteiger partial charge is 0.328 e. The molecule has 0 aromatic heterocycles. The summed E-state index contributed by atoms with van der Waals surface area (Å²) in [6.07, 6.45) is 5.09. The van der Waals surface area contributed by atoms with Crippen molar-refractivity contribution < 1.29 is 14.7 Å². The minimum absolute atomic E-state index is 0.00888. The molecule has 0 unspecified atom stereocenters. The topological polar surface area (TPSA) is 57.6 Å². The first-order valence-corrected chi connectivity index (χ1v) is 8.84. The van der Waals surface area contributed by atoms with Gasteiger partial charge < -0.3 is 10.0 Å². The molecule has 2 aromatic carbocycles. The summed E-state index contributed by atoms with van der Waals surface area (Å²) >= 11 is 0. The molecular weight excluding hydrogens is 338 g/mol. The molecule has 0 saturated carbocycles. The van der Waals surface area contributed by atoms with Gasteiger partial charge in [0.2, 0.25) is 0 Å². The van der Waals surface area contributed by atoms with Gasteiger partial charge in [-0.2, -0.15) is 0 Å². The maximum absolute atomic E-state index is 12.8. The predicted molar refractivity (Wildman–Crippen MR) is 109 cm³/mol. The molecule has 2 aromatic rings. The summed E-state index contributed by atoms with van der Waals surface area (Å²) in [6, 6.07) is 17.3. The van der Waals surface area contributed by atoms with Crippen LogP contribution in [-0.4, -0.2) is 31.0 Å². The monoisotopic (exact) mass is 363 g/mol. The second-order valence-corrected chi connectivity index (χ2v) is 6.67. The molecule has 140 valence electrons. The number of carbonyl (C=O) groups excluding carboxylic acids is 1. The maximum atomic E-state index is 12.8. The van der Waals surface area contributed by atoms with E-state index in [1.807, 2.05) is 86.6 Å². The molecule has 27 heavy (non-hydrogen) atoms. The molecule has 1 atom stereocenters. The lowest BCUT2D eigenvalue weighted by Gasteiger charge is -2.13. The fourth-order valence-corrected chi connectivity index (χ4v) is 2.77. The van der Waals surface area contributed by atoms with Gasteiger partial charge in [0.1, 0.15) is 0 Å². The fourth-order valence-electron chi connectivity index (χ4n) is 2.77. The number of hydrogen-bond acceptors (Lipinski definition) is 3. The number of carbonyl (C=O) groups is 2. The van der Waals surface area contributed by atoms with Crippen LogP contribution in [0.1, 0.15) is 22.8 Å². The van der Waals surface area contributed by atoms with Gasteiger partial charge >= 0.3 is 5.97 Å². The van der Waals surface area contributed by atoms with Crippen LogP contribution in [0.4, 0.5) is 5.69 Å². The van der Waals surface area contributed by atoms with Crippen LogP contribution in [0.5, 0.6) is 0 Å². The highest BCUT2D eigenvalue weighted by Gasteiger charge is 2.14. The van der Waals surface area contributed by atoms with Crippen LogP contribution >= 0.6 is 0 Å². The van der Waals surface area contributed by atoms with Crippen LogP contribution in [0.25, 0.3) is 0 Å². The Hall–Kier alpha value is -3.14. The summed E-state index contributed by atoms with van der Waals surface area (Å²) in [7, 11) is 3.90. The lowest BCUT2D eigenvalue weighted by Crippen LogP contribution is -2.12. The first-order valence-electron chi connectivity index (χ1n) is 8.84. The third kappa shape index (κ3) is 6.26. The van der Waals surface area contributed by atoms with Crippen molar-refractivity contribution in [2.75, 3.05) is 19.0 Å². The maximum Gasteiger partial charge on any atom is 0.328 e. The van der Waals surface area contributed by atoms with E-state index in [1.54, 1.807) is 6.08 Å². The minimum atomic E-state index is -1.01. The number of carboxylic acids is 1. The lowest BCUT2D eigenvalue weighted by atomic mass is 9.94. The van der Waals surface area contributed by atoms with Crippen molar-refractivity contribution >= 4 is 17.4 Å². The van der Waals surface area contributed by atoms with E-state index in [0.717, 1.165) is 22.9 Å². The van der Waals surface area contributed by atoms with Crippen LogP contribution in [0, 0.1) is 5.92 Å². The van der Waals surface area contributed by atoms with Crippen molar-refractivity contribution in [1.82, 2.24) is 0 Å². The second-order valence-electron chi connectivity index (χ2n) is 6.67. The van der Waals surface area contributed by atoms with E-state index in [9.17, 15) is 9.59 Å². The van der Waals surface area contributed by atoms with Gasteiger partial charge in [0.15, 0.2) is 5.78 Å². The molecule has 0 radical (unpaired) electrons. The Morgan fingerprint density at radius 1 is 1.00 bits per heavy atom.